The third kappa shape index (κ3) is 4.02. The Morgan fingerprint density at radius 2 is 1.91 bits per heavy atom. The van der Waals surface area contributed by atoms with E-state index in [0.29, 0.717) is 18.4 Å². The molecular weight excluding hydrogens is 421 g/mol. The highest BCUT2D eigenvalue weighted by molar-refractivity contribution is 5.78. The van der Waals surface area contributed by atoms with Gasteiger partial charge in [0.05, 0.1) is 34.5 Å². The van der Waals surface area contributed by atoms with Crippen LogP contribution in [0.25, 0.3) is 22.6 Å². The van der Waals surface area contributed by atoms with E-state index in [1.807, 2.05) is 19.9 Å². The number of benzene rings is 1. The van der Waals surface area contributed by atoms with Gasteiger partial charge in [-0.25, -0.2) is 24.3 Å². The maximum Gasteiger partial charge on any atom is 0.235 e. The largest absolute Gasteiger partial charge is 0.474 e. The summed E-state index contributed by atoms with van der Waals surface area (Å²) in [5.74, 6) is 1.73. The summed E-state index contributed by atoms with van der Waals surface area (Å²) >= 11 is 0. The minimum atomic E-state index is -0.285. The maximum absolute atomic E-state index is 13.6. The quantitative estimate of drug-likeness (QED) is 0.476. The molecule has 4 heterocycles. The van der Waals surface area contributed by atoms with Crippen molar-refractivity contribution in [2.75, 3.05) is 19.0 Å². The lowest BCUT2D eigenvalue weighted by Gasteiger charge is -2.18. The lowest BCUT2D eigenvalue weighted by Crippen LogP contribution is -2.16. The fourth-order valence-corrected chi connectivity index (χ4v) is 4.12. The van der Waals surface area contributed by atoms with Gasteiger partial charge >= 0.3 is 0 Å². The van der Waals surface area contributed by atoms with Crippen LogP contribution in [0.5, 0.6) is 5.88 Å². The highest BCUT2D eigenvalue weighted by atomic mass is 19.1. The van der Waals surface area contributed by atoms with E-state index in [9.17, 15) is 4.39 Å². The number of aromatic nitrogens is 6. The number of nitrogens with one attached hydrogen (secondary N) is 1. The Morgan fingerprint density at radius 1 is 1.09 bits per heavy atom. The van der Waals surface area contributed by atoms with Crippen molar-refractivity contribution in [2.45, 2.75) is 32.7 Å². The van der Waals surface area contributed by atoms with Gasteiger partial charge in [0.15, 0.2) is 0 Å². The molecule has 33 heavy (non-hydrogen) atoms. The lowest BCUT2D eigenvalue weighted by atomic mass is 10.1. The first kappa shape index (κ1) is 21.0. The number of fused-ring (bicyclic) bond motifs is 1. The number of hydrogen-bond acceptors (Lipinski definition) is 7. The minimum Gasteiger partial charge on any atom is -0.474 e. The SMILES string of the molecule is CNc1nccc(-c2c(-c3ccc(F)cc3)nc3n2C(COc2nc(C)cnc2C)CC3)n1. The van der Waals surface area contributed by atoms with Crippen molar-refractivity contribution in [3.05, 3.63) is 65.8 Å². The summed E-state index contributed by atoms with van der Waals surface area (Å²) in [5.41, 5.74) is 4.77. The van der Waals surface area contributed by atoms with Crippen LogP contribution in [0, 0.1) is 19.7 Å². The number of halogens is 1. The summed E-state index contributed by atoms with van der Waals surface area (Å²) in [4.78, 5) is 22.7. The Labute approximate surface area is 190 Å². The van der Waals surface area contributed by atoms with Crippen LogP contribution >= 0.6 is 0 Å². The average molecular weight is 446 g/mol. The van der Waals surface area contributed by atoms with Crippen LogP contribution in [0.2, 0.25) is 0 Å². The number of imidazole rings is 1. The standard InChI is InChI=1S/C24H24FN7O/c1-14-12-28-15(2)23(29-14)33-13-18-8-9-20-31-21(16-4-6-17(25)7-5-16)22(32(18)20)19-10-11-27-24(26-3)30-19/h4-7,10-12,18H,8-9,13H2,1-3H3,(H,26,27,30). The monoisotopic (exact) mass is 445 g/mol. The number of ether oxygens (including phenoxy) is 1. The molecular formula is C24H24FN7O. The van der Waals surface area contributed by atoms with Crippen LogP contribution in [0.1, 0.15) is 29.7 Å². The fraction of sp³-hybridized carbons (Fsp3) is 0.292. The average Bonchev–Trinajstić information content (AvgIpc) is 3.40. The molecule has 3 aromatic heterocycles. The maximum atomic E-state index is 13.6. The number of anilines is 1. The summed E-state index contributed by atoms with van der Waals surface area (Å²) in [6, 6.07) is 8.30. The van der Waals surface area contributed by atoms with Gasteiger partial charge in [-0.2, -0.15) is 0 Å². The highest BCUT2D eigenvalue weighted by Crippen LogP contribution is 2.39. The van der Waals surface area contributed by atoms with Gasteiger partial charge in [0.2, 0.25) is 11.8 Å². The molecule has 5 rings (SSSR count). The van der Waals surface area contributed by atoms with E-state index in [4.69, 9.17) is 9.72 Å². The van der Waals surface area contributed by atoms with Gasteiger partial charge in [-0.3, -0.25) is 4.98 Å². The minimum absolute atomic E-state index is 0.0476. The smallest absolute Gasteiger partial charge is 0.235 e. The molecule has 0 bridgehead atoms. The van der Waals surface area contributed by atoms with Crippen LogP contribution in [0.3, 0.4) is 0 Å². The summed E-state index contributed by atoms with van der Waals surface area (Å²) in [5, 5.41) is 2.99. The van der Waals surface area contributed by atoms with Gasteiger partial charge in [0.25, 0.3) is 0 Å². The molecule has 1 atom stereocenters. The van der Waals surface area contributed by atoms with Crippen LogP contribution in [-0.2, 0) is 6.42 Å². The third-order valence-electron chi connectivity index (χ3n) is 5.73. The molecule has 4 aromatic rings. The van der Waals surface area contributed by atoms with Crippen molar-refractivity contribution < 1.29 is 9.13 Å². The predicted octanol–water partition coefficient (Wildman–Crippen LogP) is 4.16. The van der Waals surface area contributed by atoms with Crippen molar-refractivity contribution >= 4 is 5.95 Å². The molecule has 0 saturated carbocycles. The van der Waals surface area contributed by atoms with Crippen LogP contribution in [0.15, 0.2) is 42.7 Å². The van der Waals surface area contributed by atoms with Gasteiger partial charge in [0, 0.05) is 31.4 Å². The van der Waals surface area contributed by atoms with Gasteiger partial charge in [-0.05, 0) is 50.6 Å². The van der Waals surface area contributed by atoms with E-state index in [1.54, 1.807) is 31.6 Å². The first-order valence-corrected chi connectivity index (χ1v) is 10.8. The second-order valence-electron chi connectivity index (χ2n) is 8.02. The second-order valence-corrected chi connectivity index (χ2v) is 8.02. The Balaban J connectivity index is 1.57. The van der Waals surface area contributed by atoms with Gasteiger partial charge in [-0.1, -0.05) is 0 Å². The van der Waals surface area contributed by atoms with E-state index < -0.39 is 0 Å². The molecule has 1 aliphatic rings. The Bertz CT molecular complexity index is 1300. The fourth-order valence-electron chi connectivity index (χ4n) is 4.12. The van der Waals surface area contributed by atoms with E-state index in [0.717, 1.165) is 52.7 Å². The van der Waals surface area contributed by atoms with Crippen molar-refractivity contribution in [2.24, 2.45) is 0 Å². The van der Waals surface area contributed by atoms with E-state index in [2.05, 4.69) is 29.8 Å². The Morgan fingerprint density at radius 3 is 2.70 bits per heavy atom. The van der Waals surface area contributed by atoms with E-state index >= 15 is 0 Å². The first-order valence-electron chi connectivity index (χ1n) is 10.8. The molecule has 0 radical (unpaired) electrons. The van der Waals surface area contributed by atoms with E-state index in [-0.39, 0.29) is 11.9 Å². The van der Waals surface area contributed by atoms with Crippen LogP contribution in [-0.4, -0.2) is 43.1 Å². The molecule has 0 amide bonds. The molecule has 168 valence electrons. The molecule has 0 saturated heterocycles. The van der Waals surface area contributed by atoms with Gasteiger partial charge in [-0.15, -0.1) is 0 Å². The van der Waals surface area contributed by atoms with Crippen molar-refractivity contribution in [1.82, 2.24) is 29.5 Å². The Kier molecular flexibility index (Phi) is 5.45. The zero-order valence-electron chi connectivity index (χ0n) is 18.7. The zero-order valence-corrected chi connectivity index (χ0v) is 18.7. The third-order valence-corrected chi connectivity index (χ3v) is 5.73. The number of rotatable bonds is 6. The number of hydrogen-bond donors (Lipinski definition) is 1. The molecule has 0 aliphatic carbocycles. The molecule has 9 heteroatoms. The lowest BCUT2D eigenvalue weighted by molar-refractivity contribution is 0.244. The predicted molar refractivity (Wildman–Crippen MR) is 123 cm³/mol. The summed E-state index contributed by atoms with van der Waals surface area (Å²) < 4.78 is 21.9. The number of aryl methyl sites for hydroxylation is 3. The van der Waals surface area contributed by atoms with E-state index in [1.165, 1.54) is 12.1 Å². The topological polar surface area (TPSA) is 90.6 Å². The molecule has 0 fully saturated rings. The van der Waals surface area contributed by atoms with Crippen LogP contribution < -0.4 is 10.1 Å². The van der Waals surface area contributed by atoms with Gasteiger partial charge in [0.1, 0.15) is 18.2 Å². The summed E-state index contributed by atoms with van der Waals surface area (Å²) in [7, 11) is 1.78. The molecule has 1 N–H and O–H groups in total. The molecule has 1 aliphatic heterocycles. The zero-order chi connectivity index (χ0) is 22.9. The summed E-state index contributed by atoms with van der Waals surface area (Å²) in [6.45, 7) is 4.21. The Hall–Kier alpha value is -3.88. The number of nitrogens with zero attached hydrogens (tertiary/aromatic N) is 6. The van der Waals surface area contributed by atoms with Crippen molar-refractivity contribution in [3.8, 4) is 28.5 Å². The summed E-state index contributed by atoms with van der Waals surface area (Å²) in [6.07, 6.45) is 5.15. The first-order chi connectivity index (χ1) is 16.0. The highest BCUT2D eigenvalue weighted by Gasteiger charge is 2.31. The van der Waals surface area contributed by atoms with Crippen molar-refractivity contribution in [1.29, 1.82) is 0 Å². The van der Waals surface area contributed by atoms with Gasteiger partial charge < -0.3 is 14.6 Å². The second kappa shape index (κ2) is 8.57. The van der Waals surface area contributed by atoms with Crippen LogP contribution in [0.4, 0.5) is 10.3 Å². The molecule has 1 unspecified atom stereocenters. The molecule has 0 spiro atoms. The molecule has 1 aromatic carbocycles. The normalized spacial score (nSPS) is 14.8. The van der Waals surface area contributed by atoms with Crippen molar-refractivity contribution in [3.63, 3.8) is 0 Å². The molecule has 8 nitrogen and oxygen atoms in total.